The normalized spacial score (nSPS) is 19.2. The number of thioether (sulfide) groups is 1. The minimum Gasteiger partial charge on any atom is -0.374 e. The van der Waals surface area contributed by atoms with E-state index in [2.05, 4.69) is 22.4 Å². The van der Waals surface area contributed by atoms with Gasteiger partial charge in [-0.15, -0.1) is 0 Å². The Hall–Kier alpha value is -1.89. The smallest absolute Gasteiger partial charge is 0.251 e. The quantitative estimate of drug-likeness (QED) is 0.821. The molecule has 1 aromatic heterocycles. The van der Waals surface area contributed by atoms with Gasteiger partial charge >= 0.3 is 0 Å². The van der Waals surface area contributed by atoms with Gasteiger partial charge in [0.15, 0.2) is 0 Å². The zero-order valence-electron chi connectivity index (χ0n) is 12.6. The fraction of sp³-hybridized carbons (Fsp3) is 0.294. The molecular weight excluding hydrogens is 310 g/mol. The highest BCUT2D eigenvalue weighted by Gasteiger charge is 2.28. The van der Waals surface area contributed by atoms with Gasteiger partial charge in [-0.1, -0.05) is 42.1 Å². The number of rotatable bonds is 5. The van der Waals surface area contributed by atoms with E-state index in [1.807, 2.05) is 18.2 Å². The Balaban J connectivity index is 1.91. The molecule has 5 nitrogen and oxygen atoms in total. The lowest BCUT2D eigenvalue weighted by Gasteiger charge is -2.31. The highest BCUT2D eigenvalue weighted by molar-refractivity contribution is 7.99. The van der Waals surface area contributed by atoms with Crippen molar-refractivity contribution in [2.45, 2.75) is 16.4 Å². The lowest BCUT2D eigenvalue weighted by atomic mass is 10.1. The summed E-state index contributed by atoms with van der Waals surface area (Å²) in [4.78, 5) is 16.0. The van der Waals surface area contributed by atoms with E-state index in [9.17, 15) is 4.79 Å². The van der Waals surface area contributed by atoms with Gasteiger partial charge in [-0.2, -0.15) is 0 Å². The van der Waals surface area contributed by atoms with E-state index in [1.54, 1.807) is 18.3 Å². The number of pyridine rings is 1. The number of nitrogens with two attached hydrogens (primary N) is 1. The van der Waals surface area contributed by atoms with Crippen molar-refractivity contribution in [3.8, 4) is 0 Å². The van der Waals surface area contributed by atoms with Gasteiger partial charge < -0.3 is 15.8 Å². The summed E-state index contributed by atoms with van der Waals surface area (Å²) in [5.74, 6) is -0.463. The lowest BCUT2D eigenvalue weighted by molar-refractivity contribution is 0.0273. The molecule has 1 saturated heterocycles. The topological polar surface area (TPSA) is 77.2 Å². The predicted molar refractivity (Wildman–Crippen MR) is 90.4 cm³/mol. The number of morpholine rings is 1. The monoisotopic (exact) mass is 329 g/mol. The van der Waals surface area contributed by atoms with Crippen molar-refractivity contribution in [3.63, 3.8) is 0 Å². The molecule has 0 spiro atoms. The number of amides is 1. The molecule has 1 aliphatic heterocycles. The van der Waals surface area contributed by atoms with E-state index >= 15 is 0 Å². The van der Waals surface area contributed by atoms with Crippen LogP contribution in [0.15, 0.2) is 53.7 Å². The van der Waals surface area contributed by atoms with Crippen LogP contribution in [-0.4, -0.2) is 36.7 Å². The first kappa shape index (κ1) is 16.0. The molecule has 2 atom stereocenters. The molecule has 0 radical (unpaired) electrons. The number of carbonyl (C=O) groups is 1. The molecule has 0 bridgehead atoms. The minimum absolute atomic E-state index is 0.0129. The summed E-state index contributed by atoms with van der Waals surface area (Å²) in [5.41, 5.74) is 7.06. The second kappa shape index (κ2) is 7.59. The zero-order valence-corrected chi connectivity index (χ0v) is 13.5. The third-order valence-electron chi connectivity index (χ3n) is 3.70. The maximum Gasteiger partial charge on any atom is 0.251 e. The van der Waals surface area contributed by atoms with Gasteiger partial charge in [0.25, 0.3) is 5.91 Å². The van der Waals surface area contributed by atoms with E-state index in [-0.39, 0.29) is 11.4 Å². The van der Waals surface area contributed by atoms with Gasteiger partial charge in [0.05, 0.1) is 23.5 Å². The van der Waals surface area contributed by atoms with Gasteiger partial charge in [-0.3, -0.25) is 4.79 Å². The van der Waals surface area contributed by atoms with Crippen molar-refractivity contribution in [2.75, 3.05) is 19.7 Å². The van der Waals surface area contributed by atoms with E-state index in [1.165, 1.54) is 11.8 Å². The largest absolute Gasteiger partial charge is 0.374 e. The van der Waals surface area contributed by atoms with Gasteiger partial charge in [-0.05, 0) is 17.7 Å². The Morgan fingerprint density at radius 1 is 1.30 bits per heavy atom. The summed E-state index contributed by atoms with van der Waals surface area (Å²) >= 11 is 1.53. The third-order valence-corrected chi connectivity index (χ3v) is 5.08. The van der Waals surface area contributed by atoms with Crippen molar-refractivity contribution in [1.29, 1.82) is 0 Å². The van der Waals surface area contributed by atoms with E-state index in [0.29, 0.717) is 17.2 Å². The maximum absolute atomic E-state index is 11.6. The molecule has 2 aromatic rings. The Morgan fingerprint density at radius 3 is 2.83 bits per heavy atom. The molecule has 1 aromatic carbocycles. The fourth-order valence-electron chi connectivity index (χ4n) is 2.57. The number of ether oxygens (including phenoxy) is 1. The Morgan fingerprint density at radius 2 is 2.13 bits per heavy atom. The first-order valence-electron chi connectivity index (χ1n) is 7.54. The van der Waals surface area contributed by atoms with Crippen LogP contribution in [0.2, 0.25) is 0 Å². The SMILES string of the molecule is NC(=O)c1cccnc1SC(c1ccccc1)[C@@H]1CNCCO1. The molecule has 1 amide bonds. The highest BCUT2D eigenvalue weighted by atomic mass is 32.2. The number of hydrogen-bond acceptors (Lipinski definition) is 5. The zero-order chi connectivity index (χ0) is 16.1. The summed E-state index contributed by atoms with van der Waals surface area (Å²) < 4.78 is 5.94. The van der Waals surface area contributed by atoms with E-state index < -0.39 is 5.91 Å². The maximum atomic E-state index is 11.6. The summed E-state index contributed by atoms with van der Waals surface area (Å²) in [6, 6.07) is 13.6. The molecule has 1 aliphatic rings. The molecule has 2 heterocycles. The fourth-order valence-corrected chi connectivity index (χ4v) is 3.85. The number of carbonyl (C=O) groups excluding carboxylic acids is 1. The van der Waals surface area contributed by atoms with Crippen LogP contribution in [0.4, 0.5) is 0 Å². The van der Waals surface area contributed by atoms with Crippen molar-refractivity contribution in [3.05, 3.63) is 59.8 Å². The van der Waals surface area contributed by atoms with Gasteiger partial charge in [0.1, 0.15) is 5.03 Å². The van der Waals surface area contributed by atoms with Gasteiger partial charge in [0, 0.05) is 19.3 Å². The summed E-state index contributed by atoms with van der Waals surface area (Å²) in [6.45, 7) is 2.31. The number of nitrogens with zero attached hydrogens (tertiary/aromatic N) is 1. The van der Waals surface area contributed by atoms with E-state index in [0.717, 1.165) is 18.7 Å². The molecule has 120 valence electrons. The number of aromatic nitrogens is 1. The molecule has 0 aliphatic carbocycles. The molecule has 0 saturated carbocycles. The molecule has 3 N–H and O–H groups in total. The summed E-state index contributed by atoms with van der Waals surface area (Å²) in [7, 11) is 0. The van der Waals surface area contributed by atoms with Crippen LogP contribution in [0.1, 0.15) is 21.2 Å². The van der Waals surface area contributed by atoms with Crippen molar-refractivity contribution >= 4 is 17.7 Å². The van der Waals surface area contributed by atoms with Crippen LogP contribution in [0.5, 0.6) is 0 Å². The second-order valence-corrected chi connectivity index (χ2v) is 6.41. The lowest BCUT2D eigenvalue weighted by Crippen LogP contribution is -2.41. The number of nitrogens with one attached hydrogen (secondary N) is 1. The summed E-state index contributed by atoms with van der Waals surface area (Å²) in [6.07, 6.45) is 1.69. The molecule has 23 heavy (non-hydrogen) atoms. The van der Waals surface area contributed by atoms with Crippen LogP contribution in [0.3, 0.4) is 0 Å². The second-order valence-electron chi connectivity index (χ2n) is 5.28. The number of benzene rings is 1. The van der Waals surface area contributed by atoms with Crippen molar-refractivity contribution in [2.24, 2.45) is 5.73 Å². The molecule has 1 unspecified atom stereocenters. The first-order chi connectivity index (χ1) is 11.3. The highest BCUT2D eigenvalue weighted by Crippen LogP contribution is 2.39. The van der Waals surface area contributed by atoms with Crippen LogP contribution in [0, 0.1) is 0 Å². The summed E-state index contributed by atoms with van der Waals surface area (Å²) in [5, 5.41) is 4.04. The molecule has 6 heteroatoms. The van der Waals surface area contributed by atoms with Crippen molar-refractivity contribution < 1.29 is 9.53 Å². The molecular formula is C17H19N3O2S. The standard InChI is InChI=1S/C17H19N3O2S/c18-16(21)13-7-4-8-20-17(13)23-15(12-5-2-1-3-6-12)14-11-19-9-10-22-14/h1-8,14-15,19H,9-11H2,(H2,18,21)/t14-,15?/m0/s1. The van der Waals surface area contributed by atoms with E-state index in [4.69, 9.17) is 10.5 Å². The minimum atomic E-state index is -0.463. The Labute approximate surface area is 139 Å². The van der Waals surface area contributed by atoms with Crippen LogP contribution in [-0.2, 0) is 4.74 Å². The van der Waals surface area contributed by atoms with Crippen LogP contribution >= 0.6 is 11.8 Å². The number of primary amides is 1. The predicted octanol–water partition coefficient (Wildman–Crippen LogP) is 2.00. The van der Waals surface area contributed by atoms with Crippen LogP contribution < -0.4 is 11.1 Å². The first-order valence-corrected chi connectivity index (χ1v) is 8.42. The van der Waals surface area contributed by atoms with Crippen molar-refractivity contribution in [1.82, 2.24) is 10.3 Å². The average molecular weight is 329 g/mol. The average Bonchev–Trinajstić information content (AvgIpc) is 2.61. The van der Waals surface area contributed by atoms with Gasteiger partial charge in [-0.25, -0.2) is 4.98 Å². The molecule has 3 rings (SSSR count). The third kappa shape index (κ3) is 3.90. The Kier molecular flexibility index (Phi) is 5.27. The van der Waals surface area contributed by atoms with Gasteiger partial charge in [0.2, 0.25) is 0 Å². The number of hydrogen-bond donors (Lipinski definition) is 2. The molecule has 1 fully saturated rings. The Bertz CT molecular complexity index is 660. The van der Waals surface area contributed by atoms with Crippen LogP contribution in [0.25, 0.3) is 0 Å².